The van der Waals surface area contributed by atoms with Crippen molar-refractivity contribution in [1.82, 2.24) is 10.2 Å². The van der Waals surface area contributed by atoms with E-state index in [2.05, 4.69) is 36.2 Å². The predicted molar refractivity (Wildman–Crippen MR) is 121 cm³/mol. The third-order valence-electron chi connectivity index (χ3n) is 4.30. The molecule has 0 atom stereocenters. The monoisotopic (exact) mass is 432 g/mol. The van der Waals surface area contributed by atoms with Crippen LogP contribution in [0.25, 0.3) is 0 Å². The molecule has 0 bridgehead atoms. The van der Waals surface area contributed by atoms with E-state index in [1.54, 1.807) is 0 Å². The molecular formula is C21H31Cl3N2O. The summed E-state index contributed by atoms with van der Waals surface area (Å²) in [6.07, 6.45) is 1.14. The van der Waals surface area contributed by atoms with Crippen LogP contribution in [0.3, 0.4) is 0 Å². The molecule has 6 heteroatoms. The Labute approximate surface area is 181 Å². The fourth-order valence-corrected chi connectivity index (χ4v) is 2.95. The molecule has 2 rings (SSSR count). The maximum atomic E-state index is 6.16. The largest absolute Gasteiger partial charge is 0.489 e. The van der Waals surface area contributed by atoms with E-state index in [0.29, 0.717) is 6.61 Å². The minimum absolute atomic E-state index is 0. The third-order valence-corrected chi connectivity index (χ3v) is 4.53. The smallest absolute Gasteiger partial charge is 0.124 e. The van der Waals surface area contributed by atoms with Gasteiger partial charge in [0, 0.05) is 17.1 Å². The summed E-state index contributed by atoms with van der Waals surface area (Å²) in [7, 11) is 0. The number of ether oxygens (including phenoxy) is 1. The molecule has 0 aliphatic heterocycles. The summed E-state index contributed by atoms with van der Waals surface area (Å²) >= 11 is 6.16. The Bertz CT molecular complexity index is 622. The van der Waals surface area contributed by atoms with Crippen molar-refractivity contribution in [3.05, 3.63) is 64.7 Å². The third kappa shape index (κ3) is 9.68. The maximum Gasteiger partial charge on any atom is 0.124 e. The van der Waals surface area contributed by atoms with E-state index >= 15 is 0 Å². The van der Waals surface area contributed by atoms with Crippen LogP contribution in [0.2, 0.25) is 5.02 Å². The first-order chi connectivity index (χ1) is 12.2. The highest BCUT2D eigenvalue weighted by Gasteiger charge is 2.06. The van der Waals surface area contributed by atoms with E-state index in [1.165, 1.54) is 0 Å². The summed E-state index contributed by atoms with van der Waals surface area (Å²) in [4.78, 5) is 2.44. The molecular weight excluding hydrogens is 403 g/mol. The van der Waals surface area contributed by atoms with Gasteiger partial charge in [0.05, 0.1) is 0 Å². The van der Waals surface area contributed by atoms with Gasteiger partial charge in [0.2, 0.25) is 0 Å². The molecule has 0 amide bonds. The summed E-state index contributed by atoms with van der Waals surface area (Å²) in [5.74, 6) is 0.893. The second-order valence-electron chi connectivity index (χ2n) is 6.08. The molecule has 2 aromatic carbocycles. The van der Waals surface area contributed by atoms with E-state index in [1.807, 2.05) is 36.4 Å². The molecule has 0 radical (unpaired) electrons. The van der Waals surface area contributed by atoms with Gasteiger partial charge in [0.1, 0.15) is 12.4 Å². The summed E-state index contributed by atoms with van der Waals surface area (Å²) in [6.45, 7) is 10.1. The highest BCUT2D eigenvalue weighted by molar-refractivity contribution is 6.30. The van der Waals surface area contributed by atoms with Crippen LogP contribution in [0, 0.1) is 0 Å². The Morgan fingerprint density at radius 3 is 2.37 bits per heavy atom. The molecule has 0 aromatic heterocycles. The quantitative estimate of drug-likeness (QED) is 0.468. The van der Waals surface area contributed by atoms with Crippen molar-refractivity contribution in [3.8, 4) is 5.75 Å². The molecule has 2 aromatic rings. The van der Waals surface area contributed by atoms with Crippen molar-refractivity contribution >= 4 is 36.4 Å². The van der Waals surface area contributed by atoms with E-state index in [9.17, 15) is 0 Å². The average molecular weight is 434 g/mol. The van der Waals surface area contributed by atoms with Crippen LogP contribution in [-0.4, -0.2) is 31.1 Å². The molecule has 27 heavy (non-hydrogen) atoms. The summed E-state index contributed by atoms with van der Waals surface area (Å²) in [5, 5.41) is 4.25. The first-order valence-electron chi connectivity index (χ1n) is 9.11. The van der Waals surface area contributed by atoms with E-state index in [4.69, 9.17) is 16.3 Å². The summed E-state index contributed by atoms with van der Waals surface area (Å²) in [5.41, 5.74) is 2.27. The summed E-state index contributed by atoms with van der Waals surface area (Å²) < 4.78 is 6.00. The lowest BCUT2D eigenvalue weighted by Gasteiger charge is -2.18. The molecule has 0 aliphatic carbocycles. The van der Waals surface area contributed by atoms with Crippen molar-refractivity contribution in [3.63, 3.8) is 0 Å². The normalized spacial score (nSPS) is 10.2. The van der Waals surface area contributed by atoms with E-state index in [-0.39, 0.29) is 24.8 Å². The van der Waals surface area contributed by atoms with Crippen LogP contribution in [0.15, 0.2) is 48.5 Å². The first kappa shape index (κ1) is 26.0. The number of benzene rings is 2. The van der Waals surface area contributed by atoms with Gasteiger partial charge in [-0.25, -0.2) is 0 Å². The molecule has 0 saturated carbocycles. The molecule has 0 unspecified atom stereocenters. The minimum atomic E-state index is 0. The molecule has 3 nitrogen and oxygen atoms in total. The highest BCUT2D eigenvalue weighted by atomic mass is 35.5. The minimum Gasteiger partial charge on any atom is -0.489 e. The molecule has 0 heterocycles. The number of hydrogen-bond acceptors (Lipinski definition) is 3. The zero-order chi connectivity index (χ0) is 17.9. The second-order valence-corrected chi connectivity index (χ2v) is 6.52. The van der Waals surface area contributed by atoms with Crippen LogP contribution < -0.4 is 10.1 Å². The SMILES string of the molecule is CCN(CC)CCCNCc1cc(Cl)ccc1OCc1ccccc1.Cl.Cl. The van der Waals surface area contributed by atoms with Gasteiger partial charge in [0.25, 0.3) is 0 Å². The molecule has 152 valence electrons. The Balaban J connectivity index is 0.00000338. The van der Waals surface area contributed by atoms with Gasteiger partial charge in [-0.3, -0.25) is 0 Å². The van der Waals surface area contributed by atoms with Crippen LogP contribution in [0.4, 0.5) is 0 Å². The van der Waals surface area contributed by atoms with Crippen molar-refractivity contribution in [1.29, 1.82) is 0 Å². The Kier molecular flexibility index (Phi) is 14.5. The lowest BCUT2D eigenvalue weighted by molar-refractivity contribution is 0.295. The second kappa shape index (κ2) is 15.0. The van der Waals surface area contributed by atoms with Crippen molar-refractivity contribution in [2.45, 2.75) is 33.4 Å². The van der Waals surface area contributed by atoms with Gasteiger partial charge in [-0.05, 0) is 56.4 Å². The van der Waals surface area contributed by atoms with Crippen LogP contribution in [0.5, 0.6) is 5.75 Å². The zero-order valence-corrected chi connectivity index (χ0v) is 18.5. The molecule has 1 N–H and O–H groups in total. The average Bonchev–Trinajstić information content (AvgIpc) is 2.65. The number of nitrogens with one attached hydrogen (secondary N) is 1. The van der Waals surface area contributed by atoms with Crippen molar-refractivity contribution in [2.24, 2.45) is 0 Å². The first-order valence-corrected chi connectivity index (χ1v) is 9.49. The topological polar surface area (TPSA) is 24.5 Å². The zero-order valence-electron chi connectivity index (χ0n) is 16.1. The molecule has 0 saturated heterocycles. The van der Waals surface area contributed by atoms with Gasteiger partial charge < -0.3 is 15.0 Å². The fourth-order valence-electron chi connectivity index (χ4n) is 2.75. The summed E-state index contributed by atoms with van der Waals surface area (Å²) in [6, 6.07) is 16.0. The standard InChI is InChI=1S/C21H29ClN2O.2ClH/c1-3-24(4-2)14-8-13-23-16-19-15-20(22)11-12-21(19)25-17-18-9-6-5-7-10-18;;/h5-7,9-12,15,23H,3-4,8,13-14,16-17H2,1-2H3;2*1H. The van der Waals surface area contributed by atoms with Gasteiger partial charge in [-0.15, -0.1) is 24.8 Å². The Morgan fingerprint density at radius 1 is 1.00 bits per heavy atom. The Hall–Kier alpha value is -0.970. The molecule has 0 spiro atoms. The fraction of sp³-hybridized carbons (Fsp3) is 0.429. The number of nitrogens with zero attached hydrogens (tertiary/aromatic N) is 1. The van der Waals surface area contributed by atoms with Crippen LogP contribution in [-0.2, 0) is 13.2 Å². The predicted octanol–water partition coefficient (Wildman–Crippen LogP) is 5.58. The molecule has 0 aliphatic rings. The van der Waals surface area contributed by atoms with Gasteiger partial charge in [-0.1, -0.05) is 55.8 Å². The molecule has 0 fully saturated rings. The highest BCUT2D eigenvalue weighted by Crippen LogP contribution is 2.23. The lowest BCUT2D eigenvalue weighted by Crippen LogP contribution is -2.27. The lowest BCUT2D eigenvalue weighted by atomic mass is 10.2. The van der Waals surface area contributed by atoms with Crippen molar-refractivity contribution < 1.29 is 4.74 Å². The van der Waals surface area contributed by atoms with E-state index in [0.717, 1.165) is 61.0 Å². The van der Waals surface area contributed by atoms with Gasteiger partial charge in [-0.2, -0.15) is 0 Å². The number of halogens is 3. The van der Waals surface area contributed by atoms with Gasteiger partial charge >= 0.3 is 0 Å². The van der Waals surface area contributed by atoms with E-state index < -0.39 is 0 Å². The van der Waals surface area contributed by atoms with Crippen LogP contribution in [0.1, 0.15) is 31.4 Å². The Morgan fingerprint density at radius 2 is 1.70 bits per heavy atom. The van der Waals surface area contributed by atoms with Crippen LogP contribution >= 0.6 is 36.4 Å². The number of rotatable bonds is 11. The maximum absolute atomic E-state index is 6.16. The number of hydrogen-bond donors (Lipinski definition) is 1. The van der Waals surface area contributed by atoms with Crippen molar-refractivity contribution in [2.75, 3.05) is 26.2 Å². The van der Waals surface area contributed by atoms with Gasteiger partial charge in [0.15, 0.2) is 0 Å².